The first-order chi connectivity index (χ1) is 10.7. The summed E-state index contributed by atoms with van der Waals surface area (Å²) in [6, 6.07) is 14.4. The molecule has 1 aliphatic carbocycles. The summed E-state index contributed by atoms with van der Waals surface area (Å²) in [7, 11) is 0. The average Bonchev–Trinajstić information content (AvgIpc) is 3.10. The molecule has 0 saturated heterocycles. The highest BCUT2D eigenvalue weighted by Crippen LogP contribution is 2.64. The maximum absolute atomic E-state index is 12.5. The number of nitrogens with zero attached hydrogens (tertiary/aromatic N) is 1. The summed E-state index contributed by atoms with van der Waals surface area (Å²) in [6.45, 7) is 0. The molecule has 1 amide bonds. The van der Waals surface area contributed by atoms with Crippen LogP contribution in [-0.4, -0.2) is 16.1 Å². The maximum atomic E-state index is 12.5. The highest BCUT2D eigenvalue weighted by atomic mass is 127. The van der Waals surface area contributed by atoms with Crippen LogP contribution in [0.5, 0.6) is 0 Å². The van der Waals surface area contributed by atoms with Gasteiger partial charge in [-0.2, -0.15) is 5.10 Å². The Hall–Kier alpha value is -1.89. The van der Waals surface area contributed by atoms with Gasteiger partial charge in [-0.1, -0.05) is 24.3 Å². The molecule has 2 unspecified atom stereocenters. The first kappa shape index (κ1) is 12.6. The Labute approximate surface area is 140 Å². The van der Waals surface area contributed by atoms with Crippen LogP contribution in [0.1, 0.15) is 23.5 Å². The van der Waals surface area contributed by atoms with E-state index in [-0.39, 0.29) is 17.2 Å². The SMILES string of the molecule is O=C1Nc2ccccc2C12CC2c1ccc2c(I)n[nH]c2c1. The van der Waals surface area contributed by atoms with Crippen molar-refractivity contribution < 1.29 is 4.79 Å². The van der Waals surface area contributed by atoms with Crippen LogP contribution in [0, 0.1) is 3.70 Å². The zero-order valence-electron chi connectivity index (χ0n) is 11.6. The molecule has 1 saturated carbocycles. The van der Waals surface area contributed by atoms with Gasteiger partial charge < -0.3 is 5.32 Å². The van der Waals surface area contributed by atoms with Crippen LogP contribution in [-0.2, 0) is 10.2 Å². The first-order valence-corrected chi connectivity index (χ1v) is 8.32. The van der Waals surface area contributed by atoms with Crippen molar-refractivity contribution in [1.82, 2.24) is 10.2 Å². The average molecular weight is 401 g/mol. The van der Waals surface area contributed by atoms with Gasteiger partial charge in [-0.15, -0.1) is 0 Å². The number of fused-ring (bicyclic) bond motifs is 3. The Kier molecular flexibility index (Phi) is 2.35. The van der Waals surface area contributed by atoms with E-state index in [0.29, 0.717) is 0 Å². The number of rotatable bonds is 1. The van der Waals surface area contributed by atoms with Gasteiger partial charge in [0.05, 0.1) is 10.9 Å². The molecule has 1 aliphatic heterocycles. The summed E-state index contributed by atoms with van der Waals surface area (Å²) in [4.78, 5) is 12.5. The predicted molar refractivity (Wildman–Crippen MR) is 92.9 cm³/mol. The normalized spacial score (nSPS) is 25.5. The van der Waals surface area contributed by atoms with E-state index in [2.05, 4.69) is 62.4 Å². The summed E-state index contributed by atoms with van der Waals surface area (Å²) >= 11 is 2.23. The van der Waals surface area contributed by atoms with Crippen molar-refractivity contribution in [2.45, 2.75) is 17.8 Å². The number of hydrogen-bond acceptors (Lipinski definition) is 2. The van der Waals surface area contributed by atoms with Crippen LogP contribution < -0.4 is 5.32 Å². The lowest BCUT2D eigenvalue weighted by Crippen LogP contribution is -2.20. The molecule has 1 fully saturated rings. The van der Waals surface area contributed by atoms with Crippen LogP contribution in [0.4, 0.5) is 5.69 Å². The standard InChI is InChI=1S/C17H12IN3O/c18-15-10-6-5-9(7-14(10)20-21-15)12-8-17(12)11-3-1-2-4-13(11)19-16(17)22/h1-7,12H,8H2,(H,19,22)(H,20,21). The fourth-order valence-corrected chi connectivity index (χ4v) is 4.36. The molecule has 0 bridgehead atoms. The largest absolute Gasteiger partial charge is 0.325 e. The van der Waals surface area contributed by atoms with Gasteiger partial charge in [0.15, 0.2) is 0 Å². The van der Waals surface area contributed by atoms with Gasteiger partial charge in [0.25, 0.3) is 0 Å². The van der Waals surface area contributed by atoms with E-state index >= 15 is 0 Å². The number of aromatic nitrogens is 2. The van der Waals surface area contributed by atoms with Gasteiger partial charge in [-0.25, -0.2) is 0 Å². The fraction of sp³-hybridized carbons (Fsp3) is 0.176. The zero-order valence-corrected chi connectivity index (χ0v) is 13.7. The number of nitrogens with one attached hydrogen (secondary N) is 2. The summed E-state index contributed by atoms with van der Waals surface area (Å²) in [5, 5.41) is 11.5. The van der Waals surface area contributed by atoms with Crippen LogP contribution >= 0.6 is 22.6 Å². The lowest BCUT2D eigenvalue weighted by molar-refractivity contribution is -0.118. The van der Waals surface area contributed by atoms with Crippen molar-refractivity contribution >= 4 is 45.1 Å². The Morgan fingerprint density at radius 2 is 2.09 bits per heavy atom. The molecule has 5 rings (SSSR count). The number of halogens is 1. The maximum Gasteiger partial charge on any atom is 0.235 e. The lowest BCUT2D eigenvalue weighted by Gasteiger charge is -2.08. The van der Waals surface area contributed by atoms with Gasteiger partial charge in [-0.05, 0) is 58.3 Å². The molecule has 2 aliphatic rings. The number of carbonyl (C=O) groups excluding carboxylic acids is 1. The smallest absolute Gasteiger partial charge is 0.235 e. The molecule has 2 aromatic carbocycles. The van der Waals surface area contributed by atoms with Crippen molar-refractivity contribution in [3.05, 3.63) is 57.3 Å². The van der Waals surface area contributed by atoms with E-state index in [1.54, 1.807) is 0 Å². The van der Waals surface area contributed by atoms with Crippen LogP contribution in [0.15, 0.2) is 42.5 Å². The van der Waals surface area contributed by atoms with Crippen molar-refractivity contribution in [3.63, 3.8) is 0 Å². The van der Waals surface area contributed by atoms with E-state index in [1.165, 1.54) is 5.56 Å². The zero-order chi connectivity index (χ0) is 14.9. The molecule has 108 valence electrons. The second kappa shape index (κ2) is 4.10. The van der Waals surface area contributed by atoms with Crippen molar-refractivity contribution in [1.29, 1.82) is 0 Å². The Balaban J connectivity index is 1.62. The number of benzene rings is 2. The second-order valence-corrected chi connectivity index (χ2v) is 7.07. The number of H-pyrrole nitrogens is 1. The minimum atomic E-state index is -0.364. The Morgan fingerprint density at radius 3 is 3.00 bits per heavy atom. The van der Waals surface area contributed by atoms with Gasteiger partial charge in [0.1, 0.15) is 3.70 Å². The van der Waals surface area contributed by atoms with Gasteiger partial charge in [0.2, 0.25) is 5.91 Å². The van der Waals surface area contributed by atoms with Gasteiger partial charge >= 0.3 is 0 Å². The Morgan fingerprint density at radius 1 is 1.23 bits per heavy atom. The number of amides is 1. The molecule has 1 spiro atoms. The van der Waals surface area contributed by atoms with Crippen molar-refractivity contribution in [3.8, 4) is 0 Å². The fourth-order valence-electron chi connectivity index (χ4n) is 3.77. The third-order valence-corrected chi connectivity index (χ3v) is 5.79. The predicted octanol–water partition coefficient (Wildman–Crippen LogP) is 3.54. The molecule has 22 heavy (non-hydrogen) atoms. The molecule has 4 nitrogen and oxygen atoms in total. The van der Waals surface area contributed by atoms with Crippen LogP contribution in [0.2, 0.25) is 0 Å². The van der Waals surface area contributed by atoms with Crippen molar-refractivity contribution in [2.24, 2.45) is 0 Å². The molecule has 0 radical (unpaired) electrons. The highest BCUT2D eigenvalue weighted by Gasteiger charge is 2.65. The van der Waals surface area contributed by atoms with E-state index < -0.39 is 0 Å². The van der Waals surface area contributed by atoms with Crippen molar-refractivity contribution in [2.75, 3.05) is 5.32 Å². The quantitative estimate of drug-likeness (QED) is 0.613. The number of anilines is 1. The number of carbonyl (C=O) groups is 1. The third-order valence-electron chi connectivity index (χ3n) is 4.96. The minimum absolute atomic E-state index is 0.137. The molecular weight excluding hydrogens is 389 g/mol. The minimum Gasteiger partial charge on any atom is -0.325 e. The van der Waals surface area contributed by atoms with E-state index in [0.717, 1.165) is 32.3 Å². The summed E-state index contributed by atoms with van der Waals surface area (Å²) in [5.74, 6) is 0.388. The number of hydrogen-bond donors (Lipinski definition) is 2. The highest BCUT2D eigenvalue weighted by molar-refractivity contribution is 14.1. The first-order valence-electron chi connectivity index (χ1n) is 7.24. The van der Waals surface area contributed by atoms with Crippen LogP contribution in [0.25, 0.3) is 10.9 Å². The number of para-hydroxylation sites is 1. The van der Waals surface area contributed by atoms with E-state index in [9.17, 15) is 4.79 Å². The Bertz CT molecular complexity index is 948. The third kappa shape index (κ3) is 1.47. The van der Waals surface area contributed by atoms with E-state index in [4.69, 9.17) is 0 Å². The number of aromatic amines is 1. The molecule has 2 atom stereocenters. The summed E-state index contributed by atoms with van der Waals surface area (Å²) in [6.07, 6.45) is 0.882. The molecule has 2 heterocycles. The van der Waals surface area contributed by atoms with E-state index in [1.807, 2.05) is 18.2 Å². The summed E-state index contributed by atoms with van der Waals surface area (Å²) < 4.78 is 0.980. The van der Waals surface area contributed by atoms with Gasteiger partial charge in [0, 0.05) is 17.0 Å². The molecular formula is C17H12IN3O. The summed E-state index contributed by atoms with van der Waals surface area (Å²) in [5.41, 5.74) is 3.99. The monoisotopic (exact) mass is 401 g/mol. The molecule has 2 N–H and O–H groups in total. The molecule has 3 aromatic rings. The lowest BCUT2D eigenvalue weighted by atomic mass is 9.92. The van der Waals surface area contributed by atoms with Crippen LogP contribution in [0.3, 0.4) is 0 Å². The second-order valence-electron chi connectivity index (χ2n) is 6.05. The topological polar surface area (TPSA) is 57.8 Å². The van der Waals surface area contributed by atoms with Gasteiger partial charge in [-0.3, -0.25) is 9.89 Å². The molecule has 5 heteroatoms. The molecule has 1 aromatic heterocycles.